The zero-order valence-electron chi connectivity index (χ0n) is 8.49. The zero-order chi connectivity index (χ0) is 10.9. The summed E-state index contributed by atoms with van der Waals surface area (Å²) < 4.78 is 31.5. The van der Waals surface area contributed by atoms with E-state index in [0.717, 1.165) is 5.56 Å². The predicted octanol–water partition coefficient (Wildman–Crippen LogP) is 0.920. The molecule has 2 rings (SSSR count). The van der Waals surface area contributed by atoms with Gasteiger partial charge < -0.3 is 4.74 Å². The lowest BCUT2D eigenvalue weighted by atomic mass is 10.2. The van der Waals surface area contributed by atoms with E-state index in [2.05, 4.69) is 4.72 Å². The minimum absolute atomic E-state index is 0.347. The van der Waals surface area contributed by atoms with Crippen molar-refractivity contribution in [2.75, 3.05) is 13.2 Å². The van der Waals surface area contributed by atoms with Crippen molar-refractivity contribution in [3.8, 4) is 5.75 Å². The Kier molecular flexibility index (Phi) is 2.67. The summed E-state index contributed by atoms with van der Waals surface area (Å²) >= 11 is 0. The number of sulfonamides is 1. The van der Waals surface area contributed by atoms with Gasteiger partial charge in [-0.15, -0.1) is 0 Å². The molecule has 0 amide bonds. The molecule has 1 aromatic carbocycles. The van der Waals surface area contributed by atoms with Gasteiger partial charge in [0, 0.05) is 18.5 Å². The zero-order valence-corrected chi connectivity index (χ0v) is 9.30. The Labute approximate surface area is 89.3 Å². The quantitative estimate of drug-likeness (QED) is 0.835. The van der Waals surface area contributed by atoms with Crippen LogP contribution in [0.4, 0.5) is 0 Å². The summed E-state index contributed by atoms with van der Waals surface area (Å²) in [5, 5.41) is 0. The number of hydrogen-bond donors (Lipinski definition) is 1. The summed E-state index contributed by atoms with van der Waals surface area (Å²) in [6, 6.07) is 5.12. The Bertz CT molecular complexity index is 468. The average Bonchev–Trinajstić information content (AvgIpc) is 2.64. The SMILES string of the molecule is CCNS(=O)(=O)c1cccc2c1CCO2. The third kappa shape index (κ3) is 1.85. The van der Waals surface area contributed by atoms with Gasteiger partial charge in [-0.05, 0) is 12.1 Å². The molecule has 0 saturated heterocycles. The first-order valence-electron chi connectivity index (χ1n) is 4.89. The summed E-state index contributed by atoms with van der Waals surface area (Å²) in [6.45, 7) is 2.72. The van der Waals surface area contributed by atoms with E-state index in [0.29, 0.717) is 30.2 Å². The molecule has 4 nitrogen and oxygen atoms in total. The van der Waals surface area contributed by atoms with Crippen molar-refractivity contribution in [1.82, 2.24) is 4.72 Å². The molecule has 0 aromatic heterocycles. The van der Waals surface area contributed by atoms with Crippen molar-refractivity contribution in [3.05, 3.63) is 23.8 Å². The van der Waals surface area contributed by atoms with Crippen molar-refractivity contribution in [2.45, 2.75) is 18.2 Å². The van der Waals surface area contributed by atoms with Gasteiger partial charge in [0.05, 0.1) is 11.5 Å². The Morgan fingerprint density at radius 1 is 1.47 bits per heavy atom. The van der Waals surface area contributed by atoms with Crippen LogP contribution in [0.15, 0.2) is 23.1 Å². The van der Waals surface area contributed by atoms with E-state index in [1.165, 1.54) is 0 Å². The maximum absolute atomic E-state index is 11.8. The molecule has 0 unspecified atom stereocenters. The van der Waals surface area contributed by atoms with Crippen molar-refractivity contribution >= 4 is 10.0 Å². The van der Waals surface area contributed by atoms with Crippen molar-refractivity contribution in [3.63, 3.8) is 0 Å². The second-order valence-corrected chi connectivity index (χ2v) is 5.07. The molecular weight excluding hydrogens is 214 g/mol. The molecule has 5 heteroatoms. The normalized spacial score (nSPS) is 14.7. The van der Waals surface area contributed by atoms with Gasteiger partial charge in [0.2, 0.25) is 10.0 Å². The molecule has 1 N–H and O–H groups in total. The van der Waals surface area contributed by atoms with Crippen LogP contribution in [-0.4, -0.2) is 21.6 Å². The molecule has 0 radical (unpaired) electrons. The van der Waals surface area contributed by atoms with E-state index in [1.807, 2.05) is 0 Å². The van der Waals surface area contributed by atoms with E-state index in [4.69, 9.17) is 4.74 Å². The molecule has 15 heavy (non-hydrogen) atoms. The van der Waals surface area contributed by atoms with Crippen molar-refractivity contribution in [2.24, 2.45) is 0 Å². The summed E-state index contributed by atoms with van der Waals surface area (Å²) in [7, 11) is -3.37. The predicted molar refractivity (Wildman–Crippen MR) is 56.5 cm³/mol. The second-order valence-electron chi connectivity index (χ2n) is 3.33. The number of ether oxygens (including phenoxy) is 1. The van der Waals surface area contributed by atoms with E-state index < -0.39 is 10.0 Å². The van der Waals surface area contributed by atoms with Crippen LogP contribution < -0.4 is 9.46 Å². The van der Waals surface area contributed by atoms with Crippen LogP contribution in [-0.2, 0) is 16.4 Å². The lowest BCUT2D eigenvalue weighted by molar-refractivity contribution is 0.357. The Balaban J connectivity index is 2.50. The summed E-state index contributed by atoms with van der Waals surface area (Å²) in [6.07, 6.45) is 0.663. The molecule has 0 fully saturated rings. The topological polar surface area (TPSA) is 55.4 Å². The maximum Gasteiger partial charge on any atom is 0.240 e. The minimum Gasteiger partial charge on any atom is -0.493 e. The molecule has 0 bridgehead atoms. The van der Waals surface area contributed by atoms with Gasteiger partial charge in [0.1, 0.15) is 5.75 Å². The first kappa shape index (κ1) is 10.4. The number of nitrogens with one attached hydrogen (secondary N) is 1. The minimum atomic E-state index is -3.37. The van der Waals surface area contributed by atoms with Gasteiger partial charge in [-0.25, -0.2) is 13.1 Å². The fourth-order valence-electron chi connectivity index (χ4n) is 1.71. The molecule has 0 aliphatic carbocycles. The van der Waals surface area contributed by atoms with Gasteiger partial charge in [0.25, 0.3) is 0 Å². The molecule has 0 atom stereocenters. The van der Waals surface area contributed by atoms with Gasteiger partial charge >= 0.3 is 0 Å². The average molecular weight is 227 g/mol. The van der Waals surface area contributed by atoms with E-state index >= 15 is 0 Å². The van der Waals surface area contributed by atoms with Crippen LogP contribution in [0.25, 0.3) is 0 Å². The van der Waals surface area contributed by atoms with Crippen LogP contribution in [0.2, 0.25) is 0 Å². The van der Waals surface area contributed by atoms with Crippen molar-refractivity contribution in [1.29, 1.82) is 0 Å². The highest BCUT2D eigenvalue weighted by Gasteiger charge is 2.23. The Hall–Kier alpha value is -1.07. The second kappa shape index (κ2) is 3.83. The van der Waals surface area contributed by atoms with E-state index in [-0.39, 0.29) is 0 Å². The third-order valence-electron chi connectivity index (χ3n) is 2.32. The summed E-state index contributed by atoms with van der Waals surface area (Å²) in [4.78, 5) is 0.347. The van der Waals surface area contributed by atoms with E-state index in [9.17, 15) is 8.42 Å². The third-order valence-corrected chi connectivity index (χ3v) is 3.95. The van der Waals surface area contributed by atoms with Crippen LogP contribution >= 0.6 is 0 Å². The van der Waals surface area contributed by atoms with E-state index in [1.54, 1.807) is 25.1 Å². The van der Waals surface area contributed by atoms with Crippen LogP contribution in [0.3, 0.4) is 0 Å². The molecule has 0 saturated carbocycles. The van der Waals surface area contributed by atoms with Crippen molar-refractivity contribution < 1.29 is 13.2 Å². The number of benzene rings is 1. The van der Waals surface area contributed by atoms with Crippen LogP contribution in [0.5, 0.6) is 5.75 Å². The highest BCUT2D eigenvalue weighted by atomic mass is 32.2. The molecule has 1 heterocycles. The Morgan fingerprint density at radius 3 is 3.00 bits per heavy atom. The molecule has 1 aromatic rings. The van der Waals surface area contributed by atoms with Crippen LogP contribution in [0, 0.1) is 0 Å². The number of fused-ring (bicyclic) bond motifs is 1. The number of hydrogen-bond acceptors (Lipinski definition) is 3. The molecular formula is C10H13NO3S. The number of rotatable bonds is 3. The maximum atomic E-state index is 11.8. The van der Waals surface area contributed by atoms with Crippen LogP contribution in [0.1, 0.15) is 12.5 Å². The fourth-order valence-corrected chi connectivity index (χ4v) is 3.03. The molecule has 82 valence electrons. The molecule has 1 aliphatic heterocycles. The van der Waals surface area contributed by atoms with Gasteiger partial charge in [-0.1, -0.05) is 13.0 Å². The van der Waals surface area contributed by atoms with Gasteiger partial charge in [-0.3, -0.25) is 0 Å². The standard InChI is InChI=1S/C10H13NO3S/c1-2-11-15(12,13)10-5-3-4-9-8(10)6-7-14-9/h3-5,11H,2,6-7H2,1H3. The monoisotopic (exact) mass is 227 g/mol. The summed E-state index contributed by atoms with van der Waals surface area (Å²) in [5.74, 6) is 0.689. The highest BCUT2D eigenvalue weighted by Crippen LogP contribution is 2.30. The van der Waals surface area contributed by atoms with Gasteiger partial charge in [-0.2, -0.15) is 0 Å². The molecule has 1 aliphatic rings. The Morgan fingerprint density at radius 2 is 2.27 bits per heavy atom. The molecule has 0 spiro atoms. The largest absolute Gasteiger partial charge is 0.493 e. The smallest absolute Gasteiger partial charge is 0.240 e. The lowest BCUT2D eigenvalue weighted by Crippen LogP contribution is -2.24. The summed E-state index contributed by atoms with van der Waals surface area (Å²) in [5.41, 5.74) is 0.790. The first-order valence-corrected chi connectivity index (χ1v) is 6.38. The highest BCUT2D eigenvalue weighted by molar-refractivity contribution is 7.89. The fraction of sp³-hybridized carbons (Fsp3) is 0.400. The van der Waals surface area contributed by atoms with Gasteiger partial charge in [0.15, 0.2) is 0 Å². The first-order chi connectivity index (χ1) is 7.15. The lowest BCUT2D eigenvalue weighted by Gasteiger charge is -2.08.